The third kappa shape index (κ3) is 4.22. The number of H-pyrrole nitrogens is 1. The zero-order chi connectivity index (χ0) is 24.4. The van der Waals surface area contributed by atoms with Gasteiger partial charge in [-0.25, -0.2) is 4.79 Å². The predicted octanol–water partition coefficient (Wildman–Crippen LogP) is 1.57. The van der Waals surface area contributed by atoms with Crippen molar-refractivity contribution in [3.63, 3.8) is 0 Å². The molecule has 34 heavy (non-hydrogen) atoms. The maximum atomic E-state index is 13.2. The summed E-state index contributed by atoms with van der Waals surface area (Å²) in [6.07, 6.45) is 3.19. The monoisotopic (exact) mass is 468 g/mol. The van der Waals surface area contributed by atoms with Gasteiger partial charge in [-0.05, 0) is 31.0 Å². The summed E-state index contributed by atoms with van der Waals surface area (Å²) in [4.78, 5) is 49.2. The van der Waals surface area contributed by atoms with Gasteiger partial charge in [0.05, 0.1) is 31.9 Å². The summed E-state index contributed by atoms with van der Waals surface area (Å²) in [5, 5.41) is 11.4. The first-order valence-electron chi connectivity index (χ1n) is 11.1. The lowest BCUT2D eigenvalue weighted by atomic mass is 9.95. The van der Waals surface area contributed by atoms with E-state index in [0.29, 0.717) is 48.7 Å². The Labute approximate surface area is 197 Å². The average Bonchev–Trinajstić information content (AvgIpc) is 3.30. The third-order valence-electron chi connectivity index (χ3n) is 6.36. The maximum absolute atomic E-state index is 13.2. The minimum Gasteiger partial charge on any atom is -0.507 e. The van der Waals surface area contributed by atoms with Crippen molar-refractivity contribution in [2.75, 3.05) is 46.5 Å². The largest absolute Gasteiger partial charge is 0.507 e. The summed E-state index contributed by atoms with van der Waals surface area (Å²) in [5.74, 6) is -2.37. The summed E-state index contributed by atoms with van der Waals surface area (Å²) in [6, 6.07) is 2.69. The molecule has 4 heterocycles. The lowest BCUT2D eigenvalue weighted by molar-refractivity contribution is -0.140. The van der Waals surface area contributed by atoms with Gasteiger partial charge in [0, 0.05) is 49.8 Å². The van der Waals surface area contributed by atoms with E-state index < -0.39 is 23.7 Å². The number of likely N-dealkylation sites (tertiary alicyclic amines) is 1. The van der Waals surface area contributed by atoms with E-state index in [0.717, 1.165) is 13.1 Å². The fourth-order valence-electron chi connectivity index (χ4n) is 4.61. The van der Waals surface area contributed by atoms with E-state index in [-0.39, 0.29) is 17.0 Å². The van der Waals surface area contributed by atoms with Crippen LogP contribution < -0.4 is 0 Å². The number of amides is 1. The number of carbonyl (C=O) groups excluding carboxylic acids is 3. The van der Waals surface area contributed by atoms with Gasteiger partial charge in [0.2, 0.25) is 0 Å². The van der Waals surface area contributed by atoms with Gasteiger partial charge in [0.15, 0.2) is 0 Å². The smallest absolute Gasteiger partial charge is 0.354 e. The van der Waals surface area contributed by atoms with Gasteiger partial charge < -0.3 is 24.5 Å². The van der Waals surface area contributed by atoms with Crippen LogP contribution >= 0.6 is 0 Å². The first-order valence-corrected chi connectivity index (χ1v) is 11.1. The van der Waals surface area contributed by atoms with Crippen molar-refractivity contribution in [1.82, 2.24) is 19.8 Å². The molecule has 2 aromatic rings. The van der Waals surface area contributed by atoms with Crippen LogP contribution in [0.2, 0.25) is 0 Å². The molecule has 4 rings (SSSR count). The van der Waals surface area contributed by atoms with Crippen molar-refractivity contribution in [2.45, 2.75) is 19.9 Å². The molecule has 10 nitrogen and oxygen atoms in total. The molecule has 0 radical (unpaired) electrons. The molecule has 1 amide bonds. The molecule has 10 heteroatoms. The van der Waals surface area contributed by atoms with E-state index in [9.17, 15) is 19.5 Å². The SMILES string of the molecule is COC(=O)c1[nH]c(C)c(/C(O)=C2\C(=O)C(=O)N(CCN3CCOCC3)[C@@H]2c2cccnc2)c1C. The van der Waals surface area contributed by atoms with Crippen molar-refractivity contribution >= 4 is 23.4 Å². The van der Waals surface area contributed by atoms with Crippen molar-refractivity contribution in [2.24, 2.45) is 0 Å². The highest BCUT2D eigenvalue weighted by atomic mass is 16.5. The molecule has 2 aromatic heterocycles. The van der Waals surface area contributed by atoms with Crippen LogP contribution in [0.5, 0.6) is 0 Å². The number of nitrogens with one attached hydrogen (secondary N) is 1. The number of rotatable bonds is 6. The molecule has 0 aliphatic carbocycles. The summed E-state index contributed by atoms with van der Waals surface area (Å²) < 4.78 is 10.2. The van der Waals surface area contributed by atoms with Crippen LogP contribution in [0, 0.1) is 13.8 Å². The topological polar surface area (TPSA) is 125 Å². The number of morpholine rings is 1. The quantitative estimate of drug-likeness (QED) is 0.283. The Morgan fingerprint density at radius 3 is 2.65 bits per heavy atom. The van der Waals surface area contributed by atoms with Crippen LogP contribution in [0.1, 0.15) is 38.9 Å². The number of hydrogen-bond acceptors (Lipinski definition) is 8. The van der Waals surface area contributed by atoms with E-state index in [1.54, 1.807) is 38.4 Å². The van der Waals surface area contributed by atoms with Crippen LogP contribution in [-0.2, 0) is 19.1 Å². The van der Waals surface area contributed by atoms with Crippen LogP contribution in [0.15, 0.2) is 30.1 Å². The summed E-state index contributed by atoms with van der Waals surface area (Å²) in [5.41, 5.74) is 2.00. The molecule has 0 bridgehead atoms. The van der Waals surface area contributed by atoms with Gasteiger partial charge >= 0.3 is 5.97 Å². The van der Waals surface area contributed by atoms with Crippen molar-refractivity contribution in [3.05, 3.63) is 58.2 Å². The third-order valence-corrected chi connectivity index (χ3v) is 6.36. The summed E-state index contributed by atoms with van der Waals surface area (Å²) in [7, 11) is 1.26. The second-order valence-corrected chi connectivity index (χ2v) is 8.35. The lowest BCUT2D eigenvalue weighted by Crippen LogP contribution is -2.42. The van der Waals surface area contributed by atoms with Crippen LogP contribution in [0.4, 0.5) is 0 Å². The first kappa shape index (κ1) is 23.7. The molecular weight excluding hydrogens is 440 g/mol. The second kappa shape index (κ2) is 9.78. The van der Waals surface area contributed by atoms with E-state index in [2.05, 4.69) is 14.9 Å². The van der Waals surface area contributed by atoms with Gasteiger partial charge in [-0.3, -0.25) is 19.5 Å². The molecule has 2 aliphatic rings. The summed E-state index contributed by atoms with van der Waals surface area (Å²) in [6.45, 7) is 6.96. The van der Waals surface area contributed by atoms with Gasteiger partial charge in [-0.2, -0.15) is 0 Å². The predicted molar refractivity (Wildman–Crippen MR) is 122 cm³/mol. The molecule has 2 saturated heterocycles. The molecule has 2 N–H and O–H groups in total. The fourth-order valence-corrected chi connectivity index (χ4v) is 4.61. The Kier molecular flexibility index (Phi) is 6.80. The number of carbonyl (C=O) groups is 3. The number of Topliss-reactive ketones (excluding diaryl/α,β-unsaturated/α-hetero) is 1. The number of aliphatic hydroxyl groups excluding tert-OH is 1. The molecule has 0 saturated carbocycles. The normalized spacial score (nSPS) is 20.7. The average molecular weight is 469 g/mol. The van der Waals surface area contributed by atoms with Gasteiger partial charge in [-0.1, -0.05) is 6.07 Å². The number of methoxy groups -OCH3 is 1. The zero-order valence-corrected chi connectivity index (χ0v) is 19.5. The van der Waals surface area contributed by atoms with Gasteiger partial charge in [0.1, 0.15) is 11.5 Å². The van der Waals surface area contributed by atoms with Crippen molar-refractivity contribution in [1.29, 1.82) is 0 Å². The van der Waals surface area contributed by atoms with Crippen LogP contribution in [0.25, 0.3) is 5.76 Å². The highest BCUT2D eigenvalue weighted by Crippen LogP contribution is 2.40. The fraction of sp³-hybridized carbons (Fsp3) is 0.417. The standard InChI is InChI=1S/C24H28N4O6/c1-14-17(15(2)26-19(14)24(32)33-3)21(29)18-20(16-5-4-6-25-13-16)28(23(31)22(18)30)8-7-27-9-11-34-12-10-27/h4-6,13,20,26,29H,7-12H2,1-3H3/b21-18+/t20-/m1/s1. The number of aromatic nitrogens is 2. The molecule has 2 aliphatic heterocycles. The molecule has 2 fully saturated rings. The number of aliphatic hydroxyl groups is 1. The Morgan fingerprint density at radius 1 is 1.26 bits per heavy atom. The number of ether oxygens (including phenoxy) is 2. The van der Waals surface area contributed by atoms with E-state index in [1.165, 1.54) is 12.0 Å². The first-order chi connectivity index (χ1) is 16.3. The molecule has 0 unspecified atom stereocenters. The highest BCUT2D eigenvalue weighted by molar-refractivity contribution is 6.46. The van der Waals surface area contributed by atoms with Gasteiger partial charge in [0.25, 0.3) is 11.7 Å². The molecule has 180 valence electrons. The molecule has 0 spiro atoms. The number of ketones is 1. The number of hydrogen-bond donors (Lipinski definition) is 2. The number of esters is 1. The van der Waals surface area contributed by atoms with Crippen molar-refractivity contribution in [3.8, 4) is 0 Å². The number of nitrogens with zero attached hydrogens (tertiary/aromatic N) is 3. The zero-order valence-electron chi connectivity index (χ0n) is 19.5. The Hall–Kier alpha value is -3.50. The summed E-state index contributed by atoms with van der Waals surface area (Å²) >= 11 is 0. The number of aryl methyl sites for hydroxylation is 1. The maximum Gasteiger partial charge on any atom is 0.354 e. The highest BCUT2D eigenvalue weighted by Gasteiger charge is 2.46. The van der Waals surface area contributed by atoms with E-state index in [1.807, 2.05) is 0 Å². The lowest BCUT2D eigenvalue weighted by Gasteiger charge is -2.30. The van der Waals surface area contributed by atoms with Gasteiger partial charge in [-0.15, -0.1) is 0 Å². The minimum absolute atomic E-state index is 0.0263. The van der Waals surface area contributed by atoms with E-state index >= 15 is 0 Å². The van der Waals surface area contributed by atoms with Crippen molar-refractivity contribution < 1.29 is 29.0 Å². The minimum atomic E-state index is -0.801. The number of aromatic amines is 1. The Morgan fingerprint density at radius 2 is 2.00 bits per heavy atom. The van der Waals surface area contributed by atoms with Crippen LogP contribution in [-0.4, -0.2) is 89.0 Å². The Bertz CT molecular complexity index is 1130. The van der Waals surface area contributed by atoms with E-state index in [4.69, 9.17) is 9.47 Å². The second-order valence-electron chi connectivity index (χ2n) is 8.35. The number of pyridine rings is 1. The molecular formula is C24H28N4O6. The Balaban J connectivity index is 1.78. The molecule has 0 aromatic carbocycles. The van der Waals surface area contributed by atoms with Crippen LogP contribution in [0.3, 0.4) is 0 Å². The molecule has 1 atom stereocenters.